The van der Waals surface area contributed by atoms with Gasteiger partial charge in [-0.1, -0.05) is 0 Å². The number of imidazole rings is 1. The van der Waals surface area contributed by atoms with E-state index >= 15 is 0 Å². The minimum Gasteiger partial charge on any atom is -0.384 e. The van der Waals surface area contributed by atoms with Crippen LogP contribution in [0.4, 0.5) is 5.69 Å². The highest BCUT2D eigenvalue weighted by Crippen LogP contribution is 2.16. The first-order chi connectivity index (χ1) is 6.85. The van der Waals surface area contributed by atoms with Crippen molar-refractivity contribution in [3.8, 4) is 6.07 Å². The summed E-state index contributed by atoms with van der Waals surface area (Å²) < 4.78 is 1.83. The average molecular weight is 186 g/mol. The first kappa shape index (κ1) is 8.57. The van der Waals surface area contributed by atoms with Gasteiger partial charge in [-0.15, -0.1) is 0 Å². The van der Waals surface area contributed by atoms with Gasteiger partial charge in [-0.3, -0.25) is 0 Å². The monoisotopic (exact) mass is 186 g/mol. The molecular weight excluding hydrogens is 176 g/mol. The first-order valence-electron chi connectivity index (χ1n) is 4.46. The SMILES string of the molecule is CCNc1cc2nccn2cc1C#N. The molecule has 0 atom stereocenters. The second kappa shape index (κ2) is 3.38. The summed E-state index contributed by atoms with van der Waals surface area (Å²) in [4.78, 5) is 4.15. The van der Waals surface area contributed by atoms with E-state index in [4.69, 9.17) is 5.26 Å². The third kappa shape index (κ3) is 1.29. The number of nitrogens with one attached hydrogen (secondary N) is 1. The van der Waals surface area contributed by atoms with Crippen LogP contribution in [0.15, 0.2) is 24.7 Å². The van der Waals surface area contributed by atoms with E-state index < -0.39 is 0 Å². The van der Waals surface area contributed by atoms with Gasteiger partial charge in [0.1, 0.15) is 11.7 Å². The number of nitrogens with zero attached hydrogens (tertiary/aromatic N) is 3. The third-order valence-corrected chi connectivity index (χ3v) is 2.02. The predicted octanol–water partition coefficient (Wildman–Crippen LogP) is 1.64. The number of rotatable bonds is 2. The summed E-state index contributed by atoms with van der Waals surface area (Å²) in [6.45, 7) is 2.79. The lowest BCUT2D eigenvalue weighted by Crippen LogP contribution is -2.00. The molecule has 4 heteroatoms. The molecule has 0 unspecified atom stereocenters. The Hall–Kier alpha value is -2.02. The molecular formula is C10H10N4. The predicted molar refractivity (Wildman–Crippen MR) is 54.1 cm³/mol. The molecule has 2 aromatic rings. The van der Waals surface area contributed by atoms with Gasteiger partial charge in [0.25, 0.3) is 0 Å². The Morgan fingerprint density at radius 2 is 2.50 bits per heavy atom. The molecule has 4 nitrogen and oxygen atoms in total. The van der Waals surface area contributed by atoms with E-state index in [0.717, 1.165) is 17.9 Å². The molecule has 0 radical (unpaired) electrons. The Labute approximate surface area is 81.8 Å². The smallest absolute Gasteiger partial charge is 0.138 e. The molecule has 0 saturated heterocycles. The zero-order chi connectivity index (χ0) is 9.97. The quantitative estimate of drug-likeness (QED) is 0.775. The maximum Gasteiger partial charge on any atom is 0.138 e. The second-order valence-corrected chi connectivity index (χ2v) is 2.94. The Kier molecular flexibility index (Phi) is 2.07. The average Bonchev–Trinajstić information content (AvgIpc) is 2.64. The highest BCUT2D eigenvalue weighted by atomic mass is 15.0. The fraction of sp³-hybridized carbons (Fsp3) is 0.200. The topological polar surface area (TPSA) is 53.1 Å². The van der Waals surface area contributed by atoms with Crippen LogP contribution in [0.2, 0.25) is 0 Å². The van der Waals surface area contributed by atoms with Crippen molar-refractivity contribution in [3.63, 3.8) is 0 Å². The summed E-state index contributed by atoms with van der Waals surface area (Å²) in [5.74, 6) is 0. The molecule has 0 aliphatic carbocycles. The van der Waals surface area contributed by atoms with Gasteiger partial charge in [-0.05, 0) is 6.92 Å². The molecule has 0 aliphatic rings. The first-order valence-corrected chi connectivity index (χ1v) is 4.46. The van der Waals surface area contributed by atoms with Gasteiger partial charge in [-0.25, -0.2) is 4.98 Å². The normalized spacial score (nSPS) is 10.0. The number of fused-ring (bicyclic) bond motifs is 1. The summed E-state index contributed by atoms with van der Waals surface area (Å²) >= 11 is 0. The molecule has 0 fully saturated rings. The number of anilines is 1. The maximum absolute atomic E-state index is 8.92. The van der Waals surface area contributed by atoms with E-state index in [2.05, 4.69) is 16.4 Å². The Balaban J connectivity index is 2.62. The molecule has 2 rings (SSSR count). The number of pyridine rings is 1. The van der Waals surface area contributed by atoms with Crippen LogP contribution in [0.3, 0.4) is 0 Å². The minimum absolute atomic E-state index is 0.636. The minimum atomic E-state index is 0.636. The number of aromatic nitrogens is 2. The molecule has 1 N–H and O–H groups in total. The second-order valence-electron chi connectivity index (χ2n) is 2.94. The maximum atomic E-state index is 8.92. The number of hydrogen-bond acceptors (Lipinski definition) is 3. The van der Waals surface area contributed by atoms with E-state index in [1.54, 1.807) is 12.4 Å². The fourth-order valence-corrected chi connectivity index (χ4v) is 1.39. The van der Waals surface area contributed by atoms with Gasteiger partial charge in [0, 0.05) is 31.2 Å². The Morgan fingerprint density at radius 1 is 1.64 bits per heavy atom. The van der Waals surface area contributed by atoms with Crippen LogP contribution in [-0.2, 0) is 0 Å². The lowest BCUT2D eigenvalue weighted by Gasteiger charge is -2.05. The highest BCUT2D eigenvalue weighted by Gasteiger charge is 2.03. The van der Waals surface area contributed by atoms with Crippen molar-refractivity contribution in [1.82, 2.24) is 9.38 Å². The molecule has 14 heavy (non-hydrogen) atoms. The van der Waals surface area contributed by atoms with Gasteiger partial charge < -0.3 is 9.72 Å². The van der Waals surface area contributed by atoms with Crippen molar-refractivity contribution in [1.29, 1.82) is 5.26 Å². The molecule has 2 heterocycles. The molecule has 70 valence electrons. The van der Waals surface area contributed by atoms with Crippen LogP contribution < -0.4 is 5.32 Å². The fourth-order valence-electron chi connectivity index (χ4n) is 1.39. The van der Waals surface area contributed by atoms with Crippen LogP contribution in [0.25, 0.3) is 5.65 Å². The molecule has 0 amide bonds. The number of nitriles is 1. The van der Waals surface area contributed by atoms with Gasteiger partial charge in [-0.2, -0.15) is 5.26 Å². The summed E-state index contributed by atoms with van der Waals surface area (Å²) in [5.41, 5.74) is 2.33. The van der Waals surface area contributed by atoms with Crippen molar-refractivity contribution in [2.45, 2.75) is 6.92 Å². The van der Waals surface area contributed by atoms with Gasteiger partial charge in [0.05, 0.1) is 11.3 Å². The largest absolute Gasteiger partial charge is 0.384 e. The summed E-state index contributed by atoms with van der Waals surface area (Å²) in [7, 11) is 0. The zero-order valence-corrected chi connectivity index (χ0v) is 7.86. The van der Waals surface area contributed by atoms with Crippen molar-refractivity contribution in [2.24, 2.45) is 0 Å². The van der Waals surface area contributed by atoms with E-state index in [0.29, 0.717) is 5.56 Å². The van der Waals surface area contributed by atoms with Crippen LogP contribution in [0.1, 0.15) is 12.5 Å². The van der Waals surface area contributed by atoms with Crippen molar-refractivity contribution in [2.75, 3.05) is 11.9 Å². The van der Waals surface area contributed by atoms with E-state index in [1.807, 2.05) is 23.6 Å². The van der Waals surface area contributed by atoms with Crippen molar-refractivity contribution < 1.29 is 0 Å². The standard InChI is InChI=1S/C10H10N4/c1-2-12-9-5-10-13-3-4-14(10)7-8(9)6-11/h3-5,7,12H,2H2,1H3. The zero-order valence-electron chi connectivity index (χ0n) is 7.86. The molecule has 2 aromatic heterocycles. The molecule has 0 spiro atoms. The summed E-state index contributed by atoms with van der Waals surface area (Å²) in [6.07, 6.45) is 5.32. The van der Waals surface area contributed by atoms with Gasteiger partial charge in [0.15, 0.2) is 0 Å². The van der Waals surface area contributed by atoms with Crippen LogP contribution in [0.5, 0.6) is 0 Å². The van der Waals surface area contributed by atoms with Crippen LogP contribution in [-0.4, -0.2) is 15.9 Å². The highest BCUT2D eigenvalue weighted by molar-refractivity contribution is 5.63. The summed E-state index contributed by atoms with van der Waals surface area (Å²) in [6, 6.07) is 4.03. The van der Waals surface area contributed by atoms with Crippen LogP contribution in [0, 0.1) is 11.3 Å². The Bertz CT molecular complexity index is 492. The molecule has 0 aromatic carbocycles. The van der Waals surface area contributed by atoms with Crippen LogP contribution >= 0.6 is 0 Å². The van der Waals surface area contributed by atoms with Crippen molar-refractivity contribution >= 4 is 11.3 Å². The lowest BCUT2D eigenvalue weighted by molar-refractivity contribution is 1.15. The molecule has 0 saturated carbocycles. The van der Waals surface area contributed by atoms with Gasteiger partial charge in [0.2, 0.25) is 0 Å². The molecule has 0 aliphatic heterocycles. The van der Waals surface area contributed by atoms with Crippen molar-refractivity contribution in [3.05, 3.63) is 30.2 Å². The summed E-state index contributed by atoms with van der Waals surface area (Å²) in [5, 5.41) is 12.1. The number of hydrogen-bond donors (Lipinski definition) is 1. The van der Waals surface area contributed by atoms with E-state index in [1.165, 1.54) is 0 Å². The Morgan fingerprint density at radius 3 is 3.21 bits per heavy atom. The third-order valence-electron chi connectivity index (χ3n) is 2.02. The molecule has 0 bridgehead atoms. The van der Waals surface area contributed by atoms with E-state index in [9.17, 15) is 0 Å². The van der Waals surface area contributed by atoms with Gasteiger partial charge >= 0.3 is 0 Å². The van der Waals surface area contributed by atoms with E-state index in [-0.39, 0.29) is 0 Å². The lowest BCUT2D eigenvalue weighted by atomic mass is 10.2.